The van der Waals surface area contributed by atoms with Gasteiger partial charge < -0.3 is 10.0 Å². The van der Waals surface area contributed by atoms with E-state index in [2.05, 4.69) is 0 Å². The lowest BCUT2D eigenvalue weighted by Crippen LogP contribution is -2.45. The average molecular weight is 288 g/mol. The molecule has 2 rings (SSSR count). The minimum absolute atomic E-state index is 0.0643. The van der Waals surface area contributed by atoms with Crippen molar-refractivity contribution in [1.29, 1.82) is 0 Å². The summed E-state index contributed by atoms with van der Waals surface area (Å²) in [5, 5.41) is 11.2. The van der Waals surface area contributed by atoms with E-state index in [0.717, 1.165) is 0 Å². The largest absolute Gasteiger partial charge is 0.481 e. The van der Waals surface area contributed by atoms with Crippen molar-refractivity contribution in [2.45, 2.75) is 25.8 Å². The summed E-state index contributed by atoms with van der Waals surface area (Å²) in [5.41, 5.74) is 0. The summed E-state index contributed by atoms with van der Waals surface area (Å²) in [6.45, 7) is 2.36. The van der Waals surface area contributed by atoms with Gasteiger partial charge in [0, 0.05) is 12.6 Å². The van der Waals surface area contributed by atoms with Crippen molar-refractivity contribution in [3.63, 3.8) is 0 Å². The highest BCUT2D eigenvalue weighted by atomic mass is 35.5. The monoisotopic (exact) mass is 287 g/mol. The number of rotatable bonds is 2. The summed E-state index contributed by atoms with van der Waals surface area (Å²) in [7, 11) is 0. The zero-order chi connectivity index (χ0) is 13.3. The highest BCUT2D eigenvalue weighted by molar-refractivity contribution is 7.12. The van der Waals surface area contributed by atoms with E-state index in [4.69, 9.17) is 16.7 Å². The van der Waals surface area contributed by atoms with Crippen LogP contribution in [0, 0.1) is 5.92 Å². The molecule has 1 aromatic rings. The van der Waals surface area contributed by atoms with Gasteiger partial charge in [-0.25, -0.2) is 0 Å². The van der Waals surface area contributed by atoms with Crippen molar-refractivity contribution in [3.05, 3.63) is 21.3 Å². The molecule has 1 saturated heterocycles. The summed E-state index contributed by atoms with van der Waals surface area (Å²) < 4.78 is 0. The molecule has 2 heterocycles. The van der Waals surface area contributed by atoms with Gasteiger partial charge in [-0.1, -0.05) is 11.6 Å². The standard InChI is InChI=1S/C12H14ClNO3S/c1-7-6-8(12(16)17)2-4-14(7)11(15)10-9(13)3-5-18-10/h3,5,7-8H,2,4,6H2,1H3,(H,16,17). The number of carbonyl (C=O) groups excluding carboxylic acids is 1. The zero-order valence-corrected chi connectivity index (χ0v) is 11.5. The van der Waals surface area contributed by atoms with Crippen molar-refractivity contribution in [2.75, 3.05) is 6.54 Å². The molecule has 18 heavy (non-hydrogen) atoms. The topological polar surface area (TPSA) is 57.6 Å². The second-order valence-electron chi connectivity index (χ2n) is 4.50. The van der Waals surface area contributed by atoms with Gasteiger partial charge in [0.25, 0.3) is 5.91 Å². The summed E-state index contributed by atoms with van der Waals surface area (Å²) in [5.74, 6) is -1.21. The Hall–Kier alpha value is -1.07. The van der Waals surface area contributed by atoms with Crippen LogP contribution in [0.1, 0.15) is 29.4 Å². The lowest BCUT2D eigenvalue weighted by atomic mass is 9.91. The number of carboxylic acids is 1. The SMILES string of the molecule is CC1CC(C(=O)O)CCN1C(=O)c1sccc1Cl. The molecule has 4 nitrogen and oxygen atoms in total. The quantitative estimate of drug-likeness (QED) is 0.910. The van der Waals surface area contributed by atoms with Crippen LogP contribution in [0.3, 0.4) is 0 Å². The van der Waals surface area contributed by atoms with Crippen molar-refractivity contribution in [3.8, 4) is 0 Å². The molecule has 1 aliphatic heterocycles. The average Bonchev–Trinajstić information content (AvgIpc) is 2.74. The van der Waals surface area contributed by atoms with Gasteiger partial charge in [-0.2, -0.15) is 0 Å². The van der Waals surface area contributed by atoms with Crippen LogP contribution in [0.4, 0.5) is 0 Å². The fourth-order valence-electron chi connectivity index (χ4n) is 2.27. The third-order valence-electron chi connectivity index (χ3n) is 3.30. The molecule has 1 aromatic heterocycles. The van der Waals surface area contributed by atoms with Crippen molar-refractivity contribution < 1.29 is 14.7 Å². The fourth-order valence-corrected chi connectivity index (χ4v) is 3.37. The molecule has 1 amide bonds. The third-order valence-corrected chi connectivity index (χ3v) is 4.63. The van der Waals surface area contributed by atoms with Crippen LogP contribution >= 0.6 is 22.9 Å². The van der Waals surface area contributed by atoms with E-state index in [0.29, 0.717) is 29.3 Å². The second kappa shape index (κ2) is 5.28. The van der Waals surface area contributed by atoms with Gasteiger partial charge in [0.15, 0.2) is 0 Å². The van der Waals surface area contributed by atoms with Gasteiger partial charge >= 0.3 is 5.97 Å². The zero-order valence-electron chi connectivity index (χ0n) is 9.93. The number of aliphatic carboxylic acids is 1. The van der Waals surface area contributed by atoms with E-state index < -0.39 is 5.97 Å². The third kappa shape index (κ3) is 2.52. The minimum Gasteiger partial charge on any atom is -0.481 e. The van der Waals surface area contributed by atoms with Crippen molar-refractivity contribution >= 4 is 34.8 Å². The molecule has 0 saturated carbocycles. The van der Waals surface area contributed by atoms with E-state index in [1.165, 1.54) is 11.3 Å². The summed E-state index contributed by atoms with van der Waals surface area (Å²) >= 11 is 7.27. The molecule has 0 aromatic carbocycles. The Balaban J connectivity index is 2.10. The van der Waals surface area contributed by atoms with Crippen LogP contribution in [0.2, 0.25) is 5.02 Å². The summed E-state index contributed by atoms with van der Waals surface area (Å²) in [6.07, 6.45) is 1.01. The molecule has 2 unspecified atom stereocenters. The van der Waals surface area contributed by atoms with Gasteiger partial charge in [-0.05, 0) is 31.2 Å². The number of piperidine rings is 1. The molecule has 6 heteroatoms. The molecular weight excluding hydrogens is 274 g/mol. The van der Waals surface area contributed by atoms with Gasteiger partial charge in [0.2, 0.25) is 0 Å². The molecule has 2 atom stereocenters. The highest BCUT2D eigenvalue weighted by Gasteiger charge is 2.33. The first kappa shape index (κ1) is 13.4. The van der Waals surface area contributed by atoms with E-state index in [1.807, 2.05) is 6.92 Å². The van der Waals surface area contributed by atoms with E-state index in [1.54, 1.807) is 16.3 Å². The Morgan fingerprint density at radius 1 is 1.56 bits per heavy atom. The molecule has 1 N–H and O–H groups in total. The summed E-state index contributed by atoms with van der Waals surface area (Å²) in [4.78, 5) is 25.5. The number of halogens is 1. The Morgan fingerprint density at radius 3 is 2.78 bits per heavy atom. The van der Waals surface area contributed by atoms with Crippen LogP contribution in [0.5, 0.6) is 0 Å². The Kier molecular flexibility index (Phi) is 3.92. The maximum absolute atomic E-state index is 12.3. The predicted octanol–water partition coefficient (Wildman–Crippen LogP) is 2.73. The van der Waals surface area contributed by atoms with Crippen LogP contribution in [-0.2, 0) is 4.79 Å². The Bertz CT molecular complexity index is 474. The number of nitrogens with zero attached hydrogens (tertiary/aromatic N) is 1. The molecule has 1 aliphatic rings. The maximum atomic E-state index is 12.3. The lowest BCUT2D eigenvalue weighted by molar-refractivity contribution is -0.143. The lowest BCUT2D eigenvalue weighted by Gasteiger charge is -2.36. The molecular formula is C12H14ClNO3S. The van der Waals surface area contributed by atoms with E-state index >= 15 is 0 Å². The van der Waals surface area contributed by atoms with Crippen LogP contribution < -0.4 is 0 Å². The highest BCUT2D eigenvalue weighted by Crippen LogP contribution is 2.29. The fraction of sp³-hybridized carbons (Fsp3) is 0.500. The molecule has 0 bridgehead atoms. The first-order valence-electron chi connectivity index (χ1n) is 5.77. The maximum Gasteiger partial charge on any atom is 0.306 e. The van der Waals surface area contributed by atoms with Crippen molar-refractivity contribution in [1.82, 2.24) is 4.90 Å². The second-order valence-corrected chi connectivity index (χ2v) is 5.83. The number of carbonyl (C=O) groups is 2. The predicted molar refractivity (Wildman–Crippen MR) is 70.2 cm³/mol. The number of thiophene rings is 1. The van der Waals surface area contributed by atoms with Gasteiger partial charge in [0.05, 0.1) is 10.9 Å². The first-order valence-corrected chi connectivity index (χ1v) is 7.03. The normalized spacial score (nSPS) is 24.0. The Labute approximate surface area is 114 Å². The first-order chi connectivity index (χ1) is 8.50. The molecule has 1 fully saturated rings. The molecule has 0 aliphatic carbocycles. The number of likely N-dealkylation sites (tertiary alicyclic amines) is 1. The number of amides is 1. The minimum atomic E-state index is -0.775. The molecule has 0 radical (unpaired) electrons. The summed E-state index contributed by atoms with van der Waals surface area (Å²) in [6, 6.07) is 1.64. The van der Waals surface area contributed by atoms with E-state index in [-0.39, 0.29) is 17.9 Å². The van der Waals surface area contributed by atoms with Crippen molar-refractivity contribution in [2.24, 2.45) is 5.92 Å². The molecule has 0 spiro atoms. The smallest absolute Gasteiger partial charge is 0.306 e. The van der Waals surface area contributed by atoms with Gasteiger partial charge in [-0.3, -0.25) is 9.59 Å². The van der Waals surface area contributed by atoms with Gasteiger partial charge in [0.1, 0.15) is 4.88 Å². The van der Waals surface area contributed by atoms with Crippen LogP contribution in [-0.4, -0.2) is 34.5 Å². The van der Waals surface area contributed by atoms with Gasteiger partial charge in [-0.15, -0.1) is 11.3 Å². The van der Waals surface area contributed by atoms with Crippen LogP contribution in [0.25, 0.3) is 0 Å². The Morgan fingerprint density at radius 2 is 2.28 bits per heavy atom. The number of carboxylic acid groups (broad SMARTS) is 1. The van der Waals surface area contributed by atoms with E-state index in [9.17, 15) is 9.59 Å². The number of hydrogen-bond acceptors (Lipinski definition) is 3. The molecule has 98 valence electrons. The number of hydrogen-bond donors (Lipinski definition) is 1. The van der Waals surface area contributed by atoms with Crippen LogP contribution in [0.15, 0.2) is 11.4 Å².